The van der Waals surface area contributed by atoms with Crippen LogP contribution in [-0.2, 0) is 31.0 Å². The lowest BCUT2D eigenvalue weighted by molar-refractivity contribution is -0.141. The van der Waals surface area contributed by atoms with E-state index in [2.05, 4.69) is 0 Å². The van der Waals surface area contributed by atoms with E-state index in [0.29, 0.717) is 0 Å². The van der Waals surface area contributed by atoms with Gasteiger partial charge in [0.1, 0.15) is 6.04 Å². The van der Waals surface area contributed by atoms with E-state index in [1.54, 1.807) is 4.90 Å². The smallest absolute Gasteiger partial charge is 0.257 e. The van der Waals surface area contributed by atoms with Crippen molar-refractivity contribution in [2.24, 2.45) is 21.9 Å². The number of nitrogens with zero attached hydrogens (tertiary/aromatic N) is 2. The molecule has 1 aromatic heterocycles. The minimum absolute atomic E-state index is 0.116. The molecule has 1 saturated carbocycles. The Bertz CT molecular complexity index is 1200. The van der Waals surface area contributed by atoms with Gasteiger partial charge in [0.15, 0.2) is 0 Å². The molecule has 4 rings (SSSR count). The fraction of sp³-hybridized carbons (Fsp3) is 0.435. The van der Waals surface area contributed by atoms with Gasteiger partial charge in [-0.25, -0.2) is 18.5 Å². The molecule has 8 nitrogen and oxygen atoms in total. The second-order valence-corrected chi connectivity index (χ2v) is 12.3. The minimum Gasteiger partial charge on any atom is -0.325 e. The van der Waals surface area contributed by atoms with Crippen LogP contribution in [-0.4, -0.2) is 37.1 Å². The summed E-state index contributed by atoms with van der Waals surface area (Å²) in [6.07, 6.45) is -0.125. The first-order valence-corrected chi connectivity index (χ1v) is 13.0. The number of carbonyl (C=O) groups is 3. The standard InChI is InChI=1S/C23H27N3O5S2/c1-22(2)19(23(22,3)4)21(29)25(13-15-6-5-11-32-15)17-12-18(27)26(20(17)28)14-7-9-16(10-8-14)33(24,30)31/h5-11,17,19H,12-13H2,1-4H3,(H2,24,30,31). The molecule has 1 saturated heterocycles. The average molecular weight is 490 g/mol. The molecular weight excluding hydrogens is 462 g/mol. The van der Waals surface area contributed by atoms with E-state index in [1.165, 1.54) is 35.6 Å². The van der Waals surface area contributed by atoms with Gasteiger partial charge < -0.3 is 4.90 Å². The van der Waals surface area contributed by atoms with E-state index in [1.807, 2.05) is 45.2 Å². The molecule has 33 heavy (non-hydrogen) atoms. The first-order chi connectivity index (χ1) is 15.3. The Morgan fingerprint density at radius 1 is 1.12 bits per heavy atom. The number of hydrogen-bond donors (Lipinski definition) is 1. The Balaban J connectivity index is 1.65. The Morgan fingerprint density at radius 2 is 1.73 bits per heavy atom. The highest BCUT2D eigenvalue weighted by Crippen LogP contribution is 2.69. The van der Waals surface area contributed by atoms with Gasteiger partial charge in [0.25, 0.3) is 5.91 Å². The number of sulfonamides is 1. The Labute approximate surface area is 197 Å². The van der Waals surface area contributed by atoms with Crippen molar-refractivity contribution < 1.29 is 22.8 Å². The van der Waals surface area contributed by atoms with Gasteiger partial charge in [0.2, 0.25) is 21.8 Å². The molecule has 10 heteroatoms. The van der Waals surface area contributed by atoms with Crippen molar-refractivity contribution >= 4 is 44.8 Å². The van der Waals surface area contributed by atoms with E-state index in [9.17, 15) is 22.8 Å². The number of thiophene rings is 1. The van der Waals surface area contributed by atoms with E-state index >= 15 is 0 Å². The van der Waals surface area contributed by atoms with Crippen LogP contribution in [0.5, 0.6) is 0 Å². The first-order valence-electron chi connectivity index (χ1n) is 10.6. The normalized spacial score (nSPS) is 22.0. The fourth-order valence-electron chi connectivity index (χ4n) is 4.81. The predicted octanol–water partition coefficient (Wildman–Crippen LogP) is 2.74. The number of imide groups is 1. The van der Waals surface area contributed by atoms with E-state index in [0.717, 1.165) is 9.78 Å². The number of carbonyl (C=O) groups excluding carboxylic acids is 3. The van der Waals surface area contributed by atoms with Crippen LogP contribution < -0.4 is 10.0 Å². The van der Waals surface area contributed by atoms with Crippen molar-refractivity contribution in [1.29, 1.82) is 0 Å². The summed E-state index contributed by atoms with van der Waals surface area (Å²) in [5.74, 6) is -1.32. The summed E-state index contributed by atoms with van der Waals surface area (Å²) in [6.45, 7) is 8.42. The number of nitrogens with two attached hydrogens (primary N) is 1. The molecule has 2 fully saturated rings. The van der Waals surface area contributed by atoms with Gasteiger partial charge in [0.05, 0.1) is 23.5 Å². The third-order valence-corrected chi connectivity index (χ3v) is 9.17. The summed E-state index contributed by atoms with van der Waals surface area (Å²) in [5, 5.41) is 7.04. The number of benzene rings is 1. The molecule has 2 aliphatic rings. The molecule has 0 spiro atoms. The highest BCUT2D eigenvalue weighted by Gasteiger charge is 2.69. The van der Waals surface area contributed by atoms with Crippen molar-refractivity contribution in [3.63, 3.8) is 0 Å². The summed E-state index contributed by atoms with van der Waals surface area (Å²) >= 11 is 1.49. The van der Waals surface area contributed by atoms with Crippen LogP contribution in [0.25, 0.3) is 0 Å². The lowest BCUT2D eigenvalue weighted by atomic mass is 10.0. The van der Waals surface area contributed by atoms with Crippen LogP contribution >= 0.6 is 11.3 Å². The van der Waals surface area contributed by atoms with E-state index < -0.39 is 27.9 Å². The van der Waals surface area contributed by atoms with Gasteiger partial charge in [-0.2, -0.15) is 0 Å². The minimum atomic E-state index is -3.90. The van der Waals surface area contributed by atoms with Crippen molar-refractivity contribution in [2.75, 3.05) is 4.90 Å². The maximum atomic E-state index is 13.7. The Morgan fingerprint density at radius 3 is 2.21 bits per heavy atom. The van der Waals surface area contributed by atoms with Crippen LogP contribution in [0.1, 0.15) is 39.0 Å². The van der Waals surface area contributed by atoms with Crippen molar-refractivity contribution in [3.05, 3.63) is 46.7 Å². The van der Waals surface area contributed by atoms with E-state index in [4.69, 9.17) is 5.14 Å². The largest absolute Gasteiger partial charge is 0.325 e. The van der Waals surface area contributed by atoms with Crippen molar-refractivity contribution in [1.82, 2.24) is 4.90 Å². The number of hydrogen-bond acceptors (Lipinski definition) is 6. The fourth-order valence-corrected chi connectivity index (χ4v) is 6.03. The molecule has 2 heterocycles. The third-order valence-electron chi connectivity index (χ3n) is 7.38. The van der Waals surface area contributed by atoms with Gasteiger partial charge in [-0.1, -0.05) is 33.8 Å². The zero-order chi connectivity index (χ0) is 24.3. The summed E-state index contributed by atoms with van der Waals surface area (Å²) < 4.78 is 23.0. The summed E-state index contributed by atoms with van der Waals surface area (Å²) in [4.78, 5) is 43.3. The molecule has 1 unspecified atom stereocenters. The van der Waals surface area contributed by atoms with Gasteiger partial charge in [-0.15, -0.1) is 11.3 Å². The van der Waals surface area contributed by atoms with Gasteiger partial charge in [-0.3, -0.25) is 14.4 Å². The Hall–Kier alpha value is -2.56. The monoisotopic (exact) mass is 489 g/mol. The van der Waals surface area contributed by atoms with Crippen molar-refractivity contribution in [2.45, 2.75) is 51.6 Å². The zero-order valence-corrected chi connectivity index (χ0v) is 20.6. The zero-order valence-electron chi connectivity index (χ0n) is 18.9. The molecule has 176 valence electrons. The second-order valence-electron chi connectivity index (χ2n) is 9.75. The molecule has 0 radical (unpaired) electrons. The lowest BCUT2D eigenvalue weighted by Gasteiger charge is -2.28. The topological polar surface area (TPSA) is 118 Å². The molecule has 3 amide bonds. The molecule has 1 aliphatic heterocycles. The molecule has 2 aromatic rings. The maximum Gasteiger partial charge on any atom is 0.257 e. The number of primary sulfonamides is 1. The van der Waals surface area contributed by atoms with Crippen LogP contribution in [0.15, 0.2) is 46.7 Å². The molecule has 2 N–H and O–H groups in total. The van der Waals surface area contributed by atoms with Crippen molar-refractivity contribution in [3.8, 4) is 0 Å². The van der Waals surface area contributed by atoms with E-state index in [-0.39, 0.29) is 46.2 Å². The predicted molar refractivity (Wildman–Crippen MR) is 125 cm³/mol. The SMILES string of the molecule is CC1(C)C(C(=O)N(Cc2cccs2)C2CC(=O)N(c3ccc(S(N)(=O)=O)cc3)C2=O)C1(C)C. The lowest BCUT2D eigenvalue weighted by Crippen LogP contribution is -2.46. The summed E-state index contributed by atoms with van der Waals surface area (Å²) in [5.41, 5.74) is -0.185. The molecule has 1 atom stereocenters. The first kappa shape index (κ1) is 23.6. The van der Waals surface area contributed by atoms with Gasteiger partial charge >= 0.3 is 0 Å². The van der Waals surface area contributed by atoms with Crippen LogP contribution in [0, 0.1) is 16.7 Å². The highest BCUT2D eigenvalue weighted by molar-refractivity contribution is 7.89. The molecule has 1 aliphatic carbocycles. The molecule has 1 aromatic carbocycles. The van der Waals surface area contributed by atoms with Crippen LogP contribution in [0.3, 0.4) is 0 Å². The van der Waals surface area contributed by atoms with Gasteiger partial charge in [-0.05, 0) is 46.5 Å². The van der Waals surface area contributed by atoms with Gasteiger partial charge in [0, 0.05) is 10.8 Å². The molecular formula is C23H27N3O5S2. The summed E-state index contributed by atoms with van der Waals surface area (Å²) in [6, 6.07) is 8.11. The second kappa shape index (κ2) is 7.75. The number of rotatable bonds is 6. The number of anilines is 1. The Kier molecular flexibility index (Phi) is 5.54. The quantitative estimate of drug-likeness (QED) is 0.626. The van der Waals surface area contributed by atoms with Crippen LogP contribution in [0.4, 0.5) is 5.69 Å². The number of amides is 3. The summed E-state index contributed by atoms with van der Waals surface area (Å²) in [7, 11) is -3.90. The van der Waals surface area contributed by atoms with Crippen LogP contribution in [0.2, 0.25) is 0 Å². The third kappa shape index (κ3) is 3.89. The highest BCUT2D eigenvalue weighted by atomic mass is 32.2. The maximum absolute atomic E-state index is 13.7. The average Bonchev–Trinajstić information content (AvgIpc) is 3.14. The molecule has 0 bridgehead atoms.